The summed E-state index contributed by atoms with van der Waals surface area (Å²) < 4.78 is 2.64. The Bertz CT molecular complexity index is 1320. The van der Waals surface area contributed by atoms with Gasteiger partial charge in [-0.2, -0.15) is 0 Å². The Morgan fingerprint density at radius 3 is 2.32 bits per heavy atom. The Morgan fingerprint density at radius 1 is 0.750 bits per heavy atom. The lowest BCUT2D eigenvalue weighted by Crippen LogP contribution is -1.92. The van der Waals surface area contributed by atoms with Crippen LogP contribution in [0, 0.1) is 20.8 Å². The minimum atomic E-state index is 1.04. The van der Waals surface area contributed by atoms with Crippen LogP contribution in [0.15, 0.2) is 72.9 Å². The highest BCUT2D eigenvalue weighted by molar-refractivity contribution is 7.26. The second-order valence-electron chi connectivity index (χ2n) is 7.48. The molecule has 136 valence electrons. The monoisotopic (exact) mass is 379 g/mol. The molecular weight excluding hydrogens is 358 g/mol. The lowest BCUT2D eigenvalue weighted by Gasteiger charge is -2.13. The Kier molecular flexibility index (Phi) is 4.03. The van der Waals surface area contributed by atoms with E-state index in [9.17, 15) is 0 Å². The Balaban J connectivity index is 1.73. The average Bonchev–Trinajstić information content (AvgIpc) is 3.06. The number of benzene rings is 3. The van der Waals surface area contributed by atoms with Gasteiger partial charge < -0.3 is 0 Å². The highest BCUT2D eigenvalue weighted by Gasteiger charge is 2.13. The van der Waals surface area contributed by atoms with Crippen LogP contribution in [-0.4, -0.2) is 4.98 Å². The molecule has 2 aromatic heterocycles. The number of fused-ring (bicyclic) bond motifs is 3. The molecule has 5 aromatic rings. The summed E-state index contributed by atoms with van der Waals surface area (Å²) in [5.41, 5.74) is 8.74. The first-order valence-corrected chi connectivity index (χ1v) is 10.4. The normalized spacial score (nSPS) is 11.4. The lowest BCUT2D eigenvalue weighted by atomic mass is 9.93. The van der Waals surface area contributed by atoms with Gasteiger partial charge in [-0.25, -0.2) is 0 Å². The highest BCUT2D eigenvalue weighted by atomic mass is 32.1. The summed E-state index contributed by atoms with van der Waals surface area (Å²) in [6.07, 6.45) is 1.94. The van der Waals surface area contributed by atoms with Gasteiger partial charge in [0.1, 0.15) is 0 Å². The molecule has 0 spiro atoms. The van der Waals surface area contributed by atoms with E-state index in [-0.39, 0.29) is 0 Å². The number of pyridine rings is 1. The van der Waals surface area contributed by atoms with Gasteiger partial charge in [0.05, 0.1) is 5.69 Å². The molecule has 5 rings (SSSR count). The van der Waals surface area contributed by atoms with Crippen LogP contribution in [0.25, 0.3) is 42.6 Å². The fourth-order valence-electron chi connectivity index (χ4n) is 4.32. The maximum Gasteiger partial charge on any atom is 0.0722 e. The van der Waals surface area contributed by atoms with E-state index in [1.54, 1.807) is 0 Å². The van der Waals surface area contributed by atoms with Crippen LogP contribution >= 0.6 is 11.3 Å². The van der Waals surface area contributed by atoms with Gasteiger partial charge in [0, 0.05) is 31.9 Å². The van der Waals surface area contributed by atoms with E-state index >= 15 is 0 Å². The molecule has 0 aliphatic heterocycles. The maximum absolute atomic E-state index is 4.74. The summed E-state index contributed by atoms with van der Waals surface area (Å²) >= 11 is 1.85. The first kappa shape index (κ1) is 17.2. The van der Waals surface area contributed by atoms with Gasteiger partial charge >= 0.3 is 0 Å². The van der Waals surface area contributed by atoms with Gasteiger partial charge in [-0.05, 0) is 61.2 Å². The number of thiophene rings is 1. The number of aryl methyl sites for hydroxylation is 3. The molecule has 0 saturated heterocycles. The van der Waals surface area contributed by atoms with Crippen molar-refractivity contribution in [2.75, 3.05) is 0 Å². The maximum atomic E-state index is 4.74. The molecule has 0 aliphatic carbocycles. The average molecular weight is 380 g/mol. The minimum Gasteiger partial charge on any atom is -0.256 e. The molecule has 0 radical (unpaired) electrons. The smallest absolute Gasteiger partial charge is 0.0722 e. The van der Waals surface area contributed by atoms with Crippen molar-refractivity contribution >= 4 is 31.5 Å². The standard InChI is InChI=1S/C26H21NS/c1-16-13-17(2)25(18(3)14-16)19-11-12-27-23(15-19)22-9-6-8-21-20-7-4-5-10-24(20)28-26(21)22/h4-15H,1-3H3. The van der Waals surface area contributed by atoms with Crippen molar-refractivity contribution in [1.82, 2.24) is 4.98 Å². The molecule has 0 bridgehead atoms. The van der Waals surface area contributed by atoms with E-state index in [2.05, 4.69) is 87.5 Å². The van der Waals surface area contributed by atoms with E-state index in [0.717, 1.165) is 5.69 Å². The molecule has 0 unspecified atom stereocenters. The minimum absolute atomic E-state index is 1.04. The van der Waals surface area contributed by atoms with Crippen molar-refractivity contribution in [3.05, 3.63) is 89.6 Å². The lowest BCUT2D eigenvalue weighted by molar-refractivity contribution is 1.29. The first-order valence-electron chi connectivity index (χ1n) is 9.57. The zero-order chi connectivity index (χ0) is 19.3. The summed E-state index contributed by atoms with van der Waals surface area (Å²) in [5, 5.41) is 2.64. The molecule has 0 N–H and O–H groups in total. The number of hydrogen-bond donors (Lipinski definition) is 0. The van der Waals surface area contributed by atoms with E-state index in [1.807, 2.05) is 17.5 Å². The third kappa shape index (κ3) is 2.73. The molecular formula is C26H21NS. The van der Waals surface area contributed by atoms with Gasteiger partial charge in [0.15, 0.2) is 0 Å². The Hall–Kier alpha value is -2.97. The fourth-order valence-corrected chi connectivity index (χ4v) is 5.54. The SMILES string of the molecule is Cc1cc(C)c(-c2ccnc(-c3cccc4c3sc3ccccc34)c2)c(C)c1. The molecule has 0 fully saturated rings. The van der Waals surface area contributed by atoms with Crippen LogP contribution in [0.4, 0.5) is 0 Å². The molecule has 0 saturated carbocycles. The summed E-state index contributed by atoms with van der Waals surface area (Å²) in [6, 6.07) is 24.1. The van der Waals surface area contributed by atoms with Crippen molar-refractivity contribution in [1.29, 1.82) is 0 Å². The van der Waals surface area contributed by atoms with Crippen LogP contribution in [-0.2, 0) is 0 Å². The summed E-state index contributed by atoms with van der Waals surface area (Å²) in [6.45, 7) is 6.55. The molecule has 2 heterocycles. The summed E-state index contributed by atoms with van der Waals surface area (Å²) in [5.74, 6) is 0. The zero-order valence-electron chi connectivity index (χ0n) is 16.3. The number of rotatable bonds is 2. The molecule has 2 heteroatoms. The largest absolute Gasteiger partial charge is 0.256 e. The van der Waals surface area contributed by atoms with E-state index in [1.165, 1.54) is 53.6 Å². The number of hydrogen-bond acceptors (Lipinski definition) is 2. The summed E-state index contributed by atoms with van der Waals surface area (Å²) in [7, 11) is 0. The van der Waals surface area contributed by atoms with E-state index in [0.29, 0.717) is 0 Å². The molecule has 0 amide bonds. The third-order valence-corrected chi connectivity index (χ3v) is 6.63. The Labute approximate surface area is 169 Å². The van der Waals surface area contributed by atoms with Crippen molar-refractivity contribution in [2.24, 2.45) is 0 Å². The summed E-state index contributed by atoms with van der Waals surface area (Å²) in [4.78, 5) is 4.74. The highest BCUT2D eigenvalue weighted by Crippen LogP contribution is 2.40. The van der Waals surface area contributed by atoms with Gasteiger partial charge in [-0.3, -0.25) is 4.98 Å². The van der Waals surface area contributed by atoms with Gasteiger partial charge in [-0.1, -0.05) is 54.1 Å². The second-order valence-corrected chi connectivity index (χ2v) is 8.54. The van der Waals surface area contributed by atoms with Crippen molar-refractivity contribution in [2.45, 2.75) is 20.8 Å². The van der Waals surface area contributed by atoms with Crippen molar-refractivity contribution in [3.63, 3.8) is 0 Å². The van der Waals surface area contributed by atoms with E-state index < -0.39 is 0 Å². The third-order valence-electron chi connectivity index (χ3n) is 5.41. The molecule has 0 atom stereocenters. The predicted molar refractivity (Wildman–Crippen MR) is 122 cm³/mol. The molecule has 1 nitrogen and oxygen atoms in total. The zero-order valence-corrected chi connectivity index (χ0v) is 17.1. The quantitative estimate of drug-likeness (QED) is 0.306. The molecule has 28 heavy (non-hydrogen) atoms. The van der Waals surface area contributed by atoms with Crippen LogP contribution in [0.1, 0.15) is 16.7 Å². The molecule has 3 aromatic carbocycles. The van der Waals surface area contributed by atoms with Crippen LogP contribution in [0.5, 0.6) is 0 Å². The van der Waals surface area contributed by atoms with Crippen LogP contribution in [0.3, 0.4) is 0 Å². The van der Waals surface area contributed by atoms with Gasteiger partial charge in [-0.15, -0.1) is 11.3 Å². The molecule has 0 aliphatic rings. The number of aromatic nitrogens is 1. The first-order chi connectivity index (χ1) is 13.6. The topological polar surface area (TPSA) is 12.9 Å². The fraction of sp³-hybridized carbons (Fsp3) is 0.115. The van der Waals surface area contributed by atoms with Crippen molar-refractivity contribution < 1.29 is 0 Å². The Morgan fingerprint density at radius 2 is 1.50 bits per heavy atom. The predicted octanol–water partition coefficient (Wildman–Crippen LogP) is 7.71. The van der Waals surface area contributed by atoms with Crippen molar-refractivity contribution in [3.8, 4) is 22.4 Å². The second kappa shape index (κ2) is 6.57. The van der Waals surface area contributed by atoms with Crippen LogP contribution < -0.4 is 0 Å². The van der Waals surface area contributed by atoms with Gasteiger partial charge in [0.2, 0.25) is 0 Å². The van der Waals surface area contributed by atoms with E-state index in [4.69, 9.17) is 4.98 Å². The van der Waals surface area contributed by atoms with Crippen LogP contribution in [0.2, 0.25) is 0 Å². The van der Waals surface area contributed by atoms with Gasteiger partial charge in [0.25, 0.3) is 0 Å². The number of nitrogens with zero attached hydrogens (tertiary/aromatic N) is 1.